The summed E-state index contributed by atoms with van der Waals surface area (Å²) in [7, 11) is 1.47. The van der Waals surface area contributed by atoms with E-state index in [1.807, 2.05) is 13.8 Å². The first-order valence-corrected chi connectivity index (χ1v) is 17.9. The third-order valence-corrected chi connectivity index (χ3v) is 12.4. The van der Waals surface area contributed by atoms with Gasteiger partial charge in [0.15, 0.2) is 0 Å². The lowest BCUT2D eigenvalue weighted by Gasteiger charge is -2.58. The second-order valence-electron chi connectivity index (χ2n) is 16.1. The molecule has 3 fully saturated rings. The van der Waals surface area contributed by atoms with Crippen molar-refractivity contribution in [1.29, 1.82) is 0 Å². The van der Waals surface area contributed by atoms with Gasteiger partial charge in [-0.25, -0.2) is 13.2 Å². The lowest BCUT2D eigenvalue weighted by Crippen LogP contribution is -2.50. The van der Waals surface area contributed by atoms with Crippen molar-refractivity contribution in [3.63, 3.8) is 0 Å². The number of hydrogen-bond donors (Lipinski definition) is 1. The highest BCUT2D eigenvalue weighted by Gasteiger charge is 2.58. The fourth-order valence-corrected chi connectivity index (χ4v) is 8.64. The van der Waals surface area contributed by atoms with Crippen LogP contribution in [-0.2, 0) is 14.3 Å². The fraction of sp³-hybridized carbons (Fsp3) is 0.921. The quantitative estimate of drug-likeness (QED) is 0.138. The van der Waals surface area contributed by atoms with E-state index in [4.69, 9.17) is 14.6 Å². The molecule has 1 N–H and O–H groups in total. The molecule has 4 aliphatic rings. The minimum absolute atomic E-state index is 0.0820. The maximum absolute atomic E-state index is 13.3. The molecule has 0 aromatic carbocycles. The van der Waals surface area contributed by atoms with Crippen LogP contribution in [0, 0.1) is 45.3 Å². The molecular weight excluding hydrogens is 577 g/mol. The SMILES string of the molecule is CC.CC(F)C(C)(C)CO.COC(=O)CCCCC1CCC2[C@@H]3CC=C4CC(OCC(C)(C)C(F)F)CCC4(C)C3CCC12C. The molecule has 0 bridgehead atoms. The van der Waals surface area contributed by atoms with Crippen LogP contribution in [0.25, 0.3) is 0 Å². The van der Waals surface area contributed by atoms with E-state index in [9.17, 15) is 18.0 Å². The van der Waals surface area contributed by atoms with Crippen molar-refractivity contribution >= 4 is 5.97 Å². The van der Waals surface area contributed by atoms with Gasteiger partial charge < -0.3 is 14.6 Å². The van der Waals surface area contributed by atoms with Crippen molar-refractivity contribution in [2.45, 2.75) is 158 Å². The number of alkyl halides is 3. The van der Waals surface area contributed by atoms with Gasteiger partial charge in [-0.3, -0.25) is 4.79 Å². The van der Waals surface area contributed by atoms with E-state index >= 15 is 0 Å². The van der Waals surface area contributed by atoms with E-state index in [-0.39, 0.29) is 30.7 Å². The molecule has 4 rings (SSSR count). The fourth-order valence-electron chi connectivity index (χ4n) is 8.64. The van der Waals surface area contributed by atoms with E-state index in [2.05, 4.69) is 19.9 Å². The van der Waals surface area contributed by atoms with Gasteiger partial charge in [0.2, 0.25) is 6.43 Å². The van der Waals surface area contributed by atoms with Crippen LogP contribution in [0.1, 0.15) is 139 Å². The molecule has 7 heteroatoms. The molecule has 0 heterocycles. The number of ether oxygens (including phenoxy) is 2. The number of esters is 1. The van der Waals surface area contributed by atoms with Gasteiger partial charge in [-0.05, 0) is 106 Å². The van der Waals surface area contributed by atoms with E-state index in [1.165, 1.54) is 52.6 Å². The van der Waals surface area contributed by atoms with Crippen LogP contribution >= 0.6 is 0 Å². The maximum Gasteiger partial charge on any atom is 0.305 e. The Morgan fingerprint density at radius 3 is 2.22 bits per heavy atom. The maximum atomic E-state index is 13.3. The average Bonchev–Trinajstić information content (AvgIpc) is 3.35. The first-order chi connectivity index (χ1) is 21.0. The first kappa shape index (κ1) is 40.1. The molecule has 7 unspecified atom stereocenters. The van der Waals surface area contributed by atoms with Gasteiger partial charge in [0.1, 0.15) is 6.17 Å². The Morgan fingerprint density at radius 1 is 1.00 bits per heavy atom. The number of aliphatic hydroxyl groups is 1. The molecule has 0 radical (unpaired) electrons. The van der Waals surface area contributed by atoms with E-state index < -0.39 is 23.4 Å². The molecule has 4 nitrogen and oxygen atoms in total. The van der Waals surface area contributed by atoms with Crippen molar-refractivity contribution in [3.05, 3.63) is 11.6 Å². The number of aliphatic hydroxyl groups excluding tert-OH is 1. The molecular formula is C38H67F3O4. The lowest BCUT2D eigenvalue weighted by atomic mass is 9.47. The number of unbranched alkanes of at least 4 members (excludes halogenated alkanes) is 1. The lowest BCUT2D eigenvalue weighted by molar-refractivity contribution is -0.140. The van der Waals surface area contributed by atoms with Crippen LogP contribution in [0.3, 0.4) is 0 Å². The number of hydrogen-bond acceptors (Lipinski definition) is 4. The van der Waals surface area contributed by atoms with Gasteiger partial charge in [0.25, 0.3) is 0 Å². The zero-order chi connectivity index (χ0) is 34.2. The van der Waals surface area contributed by atoms with E-state index in [0.717, 1.165) is 55.8 Å². The number of carbonyl (C=O) groups excluding carboxylic acids is 1. The molecule has 0 aromatic rings. The summed E-state index contributed by atoms with van der Waals surface area (Å²) in [4.78, 5) is 11.5. The van der Waals surface area contributed by atoms with Crippen LogP contribution in [0.15, 0.2) is 11.6 Å². The number of carbonyl (C=O) groups is 1. The Bertz CT molecular complexity index is 947. The van der Waals surface area contributed by atoms with Crippen molar-refractivity contribution in [3.8, 4) is 0 Å². The van der Waals surface area contributed by atoms with Crippen LogP contribution in [0.4, 0.5) is 13.2 Å². The van der Waals surface area contributed by atoms with Crippen LogP contribution in [0.2, 0.25) is 0 Å². The zero-order valence-corrected chi connectivity index (χ0v) is 30.3. The normalized spacial score (nSPS) is 33.3. The monoisotopic (exact) mass is 644 g/mol. The van der Waals surface area contributed by atoms with Crippen molar-refractivity contribution in [2.75, 3.05) is 20.3 Å². The zero-order valence-electron chi connectivity index (χ0n) is 30.3. The van der Waals surface area contributed by atoms with Gasteiger partial charge in [-0.15, -0.1) is 0 Å². The summed E-state index contributed by atoms with van der Waals surface area (Å²) in [6.07, 6.45) is 12.7. The molecule has 0 aromatic heterocycles. The molecule has 0 saturated heterocycles. The third kappa shape index (κ3) is 9.51. The van der Waals surface area contributed by atoms with Crippen molar-refractivity contribution < 1.29 is 32.5 Å². The number of rotatable bonds is 11. The van der Waals surface area contributed by atoms with Gasteiger partial charge in [-0.1, -0.05) is 73.5 Å². The van der Waals surface area contributed by atoms with E-state index in [0.29, 0.717) is 11.8 Å². The Hall–Kier alpha value is -1.08. The number of methoxy groups -OCH3 is 1. The Morgan fingerprint density at radius 2 is 1.67 bits per heavy atom. The van der Waals surface area contributed by atoms with Gasteiger partial charge in [0, 0.05) is 17.3 Å². The van der Waals surface area contributed by atoms with E-state index in [1.54, 1.807) is 33.3 Å². The molecule has 3 saturated carbocycles. The number of fused-ring (bicyclic) bond motifs is 5. The molecule has 0 spiro atoms. The van der Waals surface area contributed by atoms with Crippen LogP contribution < -0.4 is 0 Å². The second kappa shape index (κ2) is 16.8. The van der Waals surface area contributed by atoms with Gasteiger partial charge in [-0.2, -0.15) is 0 Å². The summed E-state index contributed by atoms with van der Waals surface area (Å²) < 4.78 is 49.7. The average molecular weight is 645 g/mol. The van der Waals surface area contributed by atoms with Crippen LogP contribution in [0.5, 0.6) is 0 Å². The third-order valence-electron chi connectivity index (χ3n) is 12.4. The Kier molecular flexibility index (Phi) is 15.0. The summed E-state index contributed by atoms with van der Waals surface area (Å²) >= 11 is 0. The van der Waals surface area contributed by atoms with Crippen molar-refractivity contribution in [1.82, 2.24) is 0 Å². The smallest absolute Gasteiger partial charge is 0.305 e. The predicted octanol–water partition coefficient (Wildman–Crippen LogP) is 10.4. The molecule has 4 aliphatic carbocycles. The highest BCUT2D eigenvalue weighted by Crippen LogP contribution is 2.66. The molecule has 8 atom stereocenters. The minimum Gasteiger partial charge on any atom is -0.469 e. The molecule has 264 valence electrons. The van der Waals surface area contributed by atoms with Crippen molar-refractivity contribution in [2.24, 2.45) is 45.3 Å². The standard InChI is InChI=1S/C30H48F2O3.C6H13FO.C2H6/c1-28(2,27(31)32)19-35-22-14-16-30(4)21(18-22)10-12-23-24-13-11-20(8-6-7-9-26(33)34-5)29(24,3)17-15-25(23)30;1-5(7)6(2,3)4-8;1-2/h10,20,22-25,27H,6-9,11-19H2,1-5H3;5,8H,4H2,1-3H3;1-2H3/t20?,22?,23-,24?,25?,29?,30?;;/m0../s1. The summed E-state index contributed by atoms with van der Waals surface area (Å²) in [5.74, 6) is 3.03. The highest BCUT2D eigenvalue weighted by molar-refractivity contribution is 5.68. The molecule has 0 amide bonds. The molecule has 45 heavy (non-hydrogen) atoms. The summed E-state index contributed by atoms with van der Waals surface area (Å²) in [6.45, 7) is 17.1. The largest absolute Gasteiger partial charge is 0.469 e. The van der Waals surface area contributed by atoms with Gasteiger partial charge in [0.05, 0.1) is 26.4 Å². The number of halogens is 3. The Labute approximate surface area is 273 Å². The summed E-state index contributed by atoms with van der Waals surface area (Å²) in [6, 6.07) is 0. The Balaban J connectivity index is 0.000000615. The summed E-state index contributed by atoms with van der Waals surface area (Å²) in [5.41, 5.74) is 0.584. The van der Waals surface area contributed by atoms with Crippen LogP contribution in [-0.4, -0.2) is 50.1 Å². The first-order valence-electron chi connectivity index (χ1n) is 17.9. The number of allylic oxidation sites excluding steroid dienone is 1. The second-order valence-corrected chi connectivity index (χ2v) is 16.1. The predicted molar refractivity (Wildman–Crippen MR) is 178 cm³/mol. The highest BCUT2D eigenvalue weighted by atomic mass is 19.3. The van der Waals surface area contributed by atoms with Gasteiger partial charge >= 0.3 is 5.97 Å². The minimum atomic E-state index is -2.36. The summed E-state index contributed by atoms with van der Waals surface area (Å²) in [5, 5.41) is 8.52. The molecule has 0 aliphatic heterocycles. The topological polar surface area (TPSA) is 55.8 Å².